The second-order valence-corrected chi connectivity index (χ2v) is 7.75. The molecule has 1 N–H and O–H groups in total. The lowest BCUT2D eigenvalue weighted by atomic mass is 9.83. The topological polar surface area (TPSA) is 32.7 Å². The van der Waals surface area contributed by atoms with Crippen molar-refractivity contribution in [2.75, 3.05) is 26.2 Å². The Hall–Kier alpha value is -1.84. The highest BCUT2D eigenvalue weighted by Gasteiger charge is 2.32. The van der Waals surface area contributed by atoms with Crippen molar-refractivity contribution in [1.82, 2.24) is 4.90 Å². The number of benzene rings is 2. The van der Waals surface area contributed by atoms with E-state index in [1.165, 1.54) is 24.8 Å². The van der Waals surface area contributed by atoms with Crippen LogP contribution in [0.25, 0.3) is 0 Å². The van der Waals surface area contributed by atoms with Gasteiger partial charge in [0, 0.05) is 6.54 Å². The molecule has 0 aliphatic carbocycles. The second kappa shape index (κ2) is 9.38. The zero-order valence-electron chi connectivity index (χ0n) is 16.8. The molecule has 0 radical (unpaired) electrons. The van der Waals surface area contributed by atoms with Gasteiger partial charge in [0.2, 0.25) is 0 Å². The molecule has 27 heavy (non-hydrogen) atoms. The third-order valence-electron chi connectivity index (χ3n) is 5.57. The van der Waals surface area contributed by atoms with Crippen LogP contribution in [0.15, 0.2) is 48.5 Å². The van der Waals surface area contributed by atoms with E-state index in [4.69, 9.17) is 4.74 Å². The molecule has 0 aromatic heterocycles. The summed E-state index contributed by atoms with van der Waals surface area (Å²) in [5, 5.41) is 11.8. The first-order chi connectivity index (χ1) is 13.1. The van der Waals surface area contributed by atoms with Crippen molar-refractivity contribution in [3.8, 4) is 5.75 Å². The number of piperidine rings is 1. The normalized spacial score (nSPS) is 17.4. The Morgan fingerprint density at radius 1 is 0.926 bits per heavy atom. The number of hydrogen-bond acceptors (Lipinski definition) is 3. The Labute approximate surface area is 164 Å². The van der Waals surface area contributed by atoms with Crippen LogP contribution in [-0.4, -0.2) is 36.2 Å². The third kappa shape index (κ3) is 5.12. The molecular formula is C24H33NO2. The molecule has 1 aliphatic heterocycles. The highest BCUT2D eigenvalue weighted by atomic mass is 16.5. The Balaban J connectivity index is 1.83. The zero-order chi connectivity index (χ0) is 19.1. The van der Waals surface area contributed by atoms with Crippen molar-refractivity contribution in [2.45, 2.75) is 51.6 Å². The van der Waals surface area contributed by atoms with Gasteiger partial charge >= 0.3 is 0 Å². The number of nitrogens with zero attached hydrogens (tertiary/aromatic N) is 1. The number of ether oxygens (including phenoxy) is 1. The Kier molecular flexibility index (Phi) is 6.92. The van der Waals surface area contributed by atoms with E-state index >= 15 is 0 Å². The van der Waals surface area contributed by atoms with Gasteiger partial charge in [0.1, 0.15) is 11.4 Å². The number of likely N-dealkylation sites (tertiary alicyclic amines) is 1. The molecule has 0 bridgehead atoms. The molecule has 1 fully saturated rings. The molecule has 3 heteroatoms. The fraction of sp³-hybridized carbons (Fsp3) is 0.500. The summed E-state index contributed by atoms with van der Waals surface area (Å²) in [5.41, 5.74) is 2.13. The van der Waals surface area contributed by atoms with Crippen molar-refractivity contribution in [3.63, 3.8) is 0 Å². The lowest BCUT2D eigenvalue weighted by Crippen LogP contribution is -2.36. The molecule has 2 aromatic rings. The summed E-state index contributed by atoms with van der Waals surface area (Å²) >= 11 is 0. The van der Waals surface area contributed by atoms with E-state index < -0.39 is 5.60 Å². The number of rotatable bonds is 8. The average molecular weight is 368 g/mol. The lowest BCUT2D eigenvalue weighted by Gasteiger charge is -2.34. The SMILES string of the molecule is CCCOc1ccc([C@@](O)(CCN2CCCCC2)c2ccc(C)cc2)cc1. The van der Waals surface area contributed by atoms with Gasteiger partial charge in [-0.05, 0) is 69.0 Å². The standard InChI is InChI=1S/C24H33NO2/c1-3-19-27-23-13-11-22(12-14-23)24(26,21-9-7-20(2)8-10-21)15-18-25-16-5-4-6-17-25/h7-14,26H,3-6,15-19H2,1-2H3/t24-/m1/s1. The number of aryl methyl sites for hydroxylation is 1. The molecule has 146 valence electrons. The smallest absolute Gasteiger partial charge is 0.119 e. The molecule has 0 unspecified atom stereocenters. The van der Waals surface area contributed by atoms with Crippen LogP contribution >= 0.6 is 0 Å². The molecule has 1 saturated heterocycles. The van der Waals surface area contributed by atoms with Gasteiger partial charge in [-0.25, -0.2) is 0 Å². The van der Waals surface area contributed by atoms with Crippen LogP contribution in [0.2, 0.25) is 0 Å². The summed E-state index contributed by atoms with van der Waals surface area (Å²) in [7, 11) is 0. The van der Waals surface area contributed by atoms with E-state index in [1.807, 2.05) is 24.3 Å². The second-order valence-electron chi connectivity index (χ2n) is 7.75. The minimum Gasteiger partial charge on any atom is -0.494 e. The van der Waals surface area contributed by atoms with Crippen molar-refractivity contribution in [1.29, 1.82) is 0 Å². The fourth-order valence-electron chi connectivity index (χ4n) is 3.83. The largest absolute Gasteiger partial charge is 0.494 e. The van der Waals surface area contributed by atoms with Crippen molar-refractivity contribution in [2.24, 2.45) is 0 Å². The van der Waals surface area contributed by atoms with Gasteiger partial charge < -0.3 is 14.7 Å². The molecule has 0 amide bonds. The minimum absolute atomic E-state index is 0.700. The molecule has 1 heterocycles. The van der Waals surface area contributed by atoms with Gasteiger partial charge in [-0.15, -0.1) is 0 Å². The van der Waals surface area contributed by atoms with Crippen LogP contribution in [0.4, 0.5) is 0 Å². The first-order valence-corrected chi connectivity index (χ1v) is 10.4. The number of aliphatic hydroxyl groups is 1. The van der Waals surface area contributed by atoms with E-state index in [0.29, 0.717) is 6.42 Å². The van der Waals surface area contributed by atoms with E-state index in [-0.39, 0.29) is 0 Å². The molecule has 1 aliphatic rings. The lowest BCUT2D eigenvalue weighted by molar-refractivity contribution is 0.0545. The van der Waals surface area contributed by atoms with Crippen molar-refractivity contribution < 1.29 is 9.84 Å². The van der Waals surface area contributed by atoms with E-state index in [9.17, 15) is 5.11 Å². The zero-order valence-corrected chi connectivity index (χ0v) is 16.8. The summed E-state index contributed by atoms with van der Waals surface area (Å²) in [6.45, 7) is 8.11. The summed E-state index contributed by atoms with van der Waals surface area (Å²) in [4.78, 5) is 2.49. The van der Waals surface area contributed by atoms with Crippen LogP contribution in [-0.2, 0) is 5.60 Å². The van der Waals surface area contributed by atoms with Crippen LogP contribution in [0, 0.1) is 6.92 Å². The van der Waals surface area contributed by atoms with E-state index in [2.05, 4.69) is 43.0 Å². The molecule has 3 nitrogen and oxygen atoms in total. The van der Waals surface area contributed by atoms with Crippen LogP contribution in [0.3, 0.4) is 0 Å². The Morgan fingerprint density at radius 2 is 1.52 bits per heavy atom. The van der Waals surface area contributed by atoms with Gasteiger partial charge in [-0.2, -0.15) is 0 Å². The molecule has 3 rings (SSSR count). The summed E-state index contributed by atoms with van der Waals surface area (Å²) in [6, 6.07) is 16.3. The third-order valence-corrected chi connectivity index (χ3v) is 5.57. The van der Waals surface area contributed by atoms with Gasteiger partial charge in [-0.3, -0.25) is 0 Å². The van der Waals surface area contributed by atoms with Crippen LogP contribution in [0.5, 0.6) is 5.75 Å². The molecule has 0 saturated carbocycles. The van der Waals surface area contributed by atoms with Crippen molar-refractivity contribution in [3.05, 3.63) is 65.2 Å². The van der Waals surface area contributed by atoms with E-state index in [0.717, 1.165) is 49.5 Å². The molecule has 0 spiro atoms. The molecule has 2 aromatic carbocycles. The predicted octanol–water partition coefficient (Wildman–Crippen LogP) is 4.90. The highest BCUT2D eigenvalue weighted by Crippen LogP contribution is 2.34. The maximum Gasteiger partial charge on any atom is 0.119 e. The maximum atomic E-state index is 11.8. The first kappa shape index (κ1) is 19.9. The Bertz CT molecular complexity index is 689. The monoisotopic (exact) mass is 367 g/mol. The molecule has 1 atom stereocenters. The first-order valence-electron chi connectivity index (χ1n) is 10.4. The maximum absolute atomic E-state index is 11.8. The Morgan fingerprint density at radius 3 is 2.11 bits per heavy atom. The fourth-order valence-corrected chi connectivity index (χ4v) is 3.83. The number of hydrogen-bond donors (Lipinski definition) is 1. The van der Waals surface area contributed by atoms with Gasteiger partial charge in [0.25, 0.3) is 0 Å². The molecular weight excluding hydrogens is 334 g/mol. The summed E-state index contributed by atoms with van der Waals surface area (Å²) in [5.74, 6) is 0.864. The summed E-state index contributed by atoms with van der Waals surface area (Å²) < 4.78 is 5.71. The predicted molar refractivity (Wildman–Crippen MR) is 111 cm³/mol. The van der Waals surface area contributed by atoms with Crippen LogP contribution in [0.1, 0.15) is 55.7 Å². The highest BCUT2D eigenvalue weighted by molar-refractivity contribution is 5.39. The van der Waals surface area contributed by atoms with Gasteiger partial charge in [-0.1, -0.05) is 55.3 Å². The minimum atomic E-state index is -0.978. The quantitative estimate of drug-likeness (QED) is 0.720. The summed E-state index contributed by atoms with van der Waals surface area (Å²) in [6.07, 6.45) is 5.56. The van der Waals surface area contributed by atoms with Crippen LogP contribution < -0.4 is 4.74 Å². The average Bonchev–Trinajstić information content (AvgIpc) is 2.72. The van der Waals surface area contributed by atoms with Gasteiger partial charge in [0.15, 0.2) is 0 Å². The van der Waals surface area contributed by atoms with E-state index in [1.54, 1.807) is 0 Å². The van der Waals surface area contributed by atoms with Crippen molar-refractivity contribution >= 4 is 0 Å². The van der Waals surface area contributed by atoms with Gasteiger partial charge in [0.05, 0.1) is 6.61 Å².